The molecule has 1 saturated heterocycles. The summed E-state index contributed by atoms with van der Waals surface area (Å²) in [7, 11) is 1.77. The first-order chi connectivity index (χ1) is 9.16. The summed E-state index contributed by atoms with van der Waals surface area (Å²) in [5.41, 5.74) is 1.12. The third kappa shape index (κ3) is 1.99. The van der Waals surface area contributed by atoms with Crippen molar-refractivity contribution in [1.82, 2.24) is 24.8 Å². The maximum atomic E-state index is 11.3. The zero-order chi connectivity index (χ0) is 13.4. The van der Waals surface area contributed by atoms with Gasteiger partial charge in [-0.1, -0.05) is 5.21 Å². The van der Waals surface area contributed by atoms with Crippen molar-refractivity contribution >= 4 is 5.97 Å². The number of aromatic carboxylic acids is 1. The van der Waals surface area contributed by atoms with Gasteiger partial charge >= 0.3 is 5.97 Å². The quantitative estimate of drug-likeness (QED) is 0.857. The van der Waals surface area contributed by atoms with E-state index in [2.05, 4.69) is 15.4 Å². The lowest BCUT2D eigenvalue weighted by Gasteiger charge is -2.10. The smallest absolute Gasteiger partial charge is 0.358 e. The van der Waals surface area contributed by atoms with E-state index in [1.165, 1.54) is 0 Å². The van der Waals surface area contributed by atoms with Crippen LogP contribution in [0.3, 0.4) is 0 Å². The Morgan fingerprint density at radius 3 is 3.00 bits per heavy atom. The number of ether oxygens (including phenoxy) is 1. The van der Waals surface area contributed by atoms with Crippen LogP contribution in [-0.2, 0) is 11.8 Å². The molecule has 1 fully saturated rings. The van der Waals surface area contributed by atoms with Gasteiger partial charge in [0.25, 0.3) is 0 Å². The van der Waals surface area contributed by atoms with Crippen LogP contribution in [0.2, 0.25) is 0 Å². The molecule has 1 N–H and O–H groups in total. The zero-order valence-electron chi connectivity index (χ0n) is 10.4. The average Bonchev–Trinajstić information content (AvgIpc) is 3.06. The number of carbonyl (C=O) groups is 1. The molecule has 8 nitrogen and oxygen atoms in total. The van der Waals surface area contributed by atoms with Crippen LogP contribution in [0, 0.1) is 0 Å². The number of hydrogen-bond acceptors (Lipinski definition) is 5. The summed E-state index contributed by atoms with van der Waals surface area (Å²) in [6.45, 7) is 1.18. The Hall–Kier alpha value is -2.22. The fraction of sp³-hybridized carbons (Fsp3) is 0.455. The van der Waals surface area contributed by atoms with E-state index in [-0.39, 0.29) is 11.7 Å². The molecule has 3 rings (SSSR count). The van der Waals surface area contributed by atoms with Crippen LogP contribution < -0.4 is 0 Å². The molecule has 0 radical (unpaired) electrons. The monoisotopic (exact) mass is 263 g/mol. The lowest BCUT2D eigenvalue weighted by Crippen LogP contribution is -2.12. The van der Waals surface area contributed by atoms with Crippen molar-refractivity contribution < 1.29 is 14.6 Å². The first-order valence-corrected chi connectivity index (χ1v) is 5.92. The van der Waals surface area contributed by atoms with Crippen LogP contribution in [0.25, 0.3) is 11.3 Å². The van der Waals surface area contributed by atoms with E-state index in [0.717, 1.165) is 6.42 Å². The minimum Gasteiger partial charge on any atom is -0.476 e. The molecule has 0 saturated carbocycles. The maximum Gasteiger partial charge on any atom is 0.358 e. The Kier molecular flexibility index (Phi) is 2.79. The number of carboxylic acid groups (broad SMARTS) is 1. The minimum atomic E-state index is -1.09. The molecule has 1 aliphatic rings. The second kappa shape index (κ2) is 4.47. The van der Waals surface area contributed by atoms with Gasteiger partial charge < -0.3 is 9.84 Å². The highest BCUT2D eigenvalue weighted by atomic mass is 16.5. The topological polar surface area (TPSA) is 95.1 Å². The molecule has 2 aromatic heterocycles. The van der Waals surface area contributed by atoms with Crippen molar-refractivity contribution in [3.8, 4) is 11.3 Å². The van der Waals surface area contributed by atoms with Gasteiger partial charge in [-0.2, -0.15) is 5.10 Å². The predicted octanol–water partition coefficient (Wildman–Crippen LogP) is 0.338. The van der Waals surface area contributed by atoms with Gasteiger partial charge in [-0.05, 0) is 6.42 Å². The second-order valence-corrected chi connectivity index (χ2v) is 4.46. The number of aryl methyl sites for hydroxylation is 1. The van der Waals surface area contributed by atoms with E-state index in [4.69, 9.17) is 4.74 Å². The third-order valence-corrected chi connectivity index (χ3v) is 3.13. The van der Waals surface area contributed by atoms with Crippen molar-refractivity contribution in [3.05, 3.63) is 18.1 Å². The van der Waals surface area contributed by atoms with E-state index in [0.29, 0.717) is 24.5 Å². The Morgan fingerprint density at radius 1 is 1.58 bits per heavy atom. The number of hydrogen-bond donors (Lipinski definition) is 1. The van der Waals surface area contributed by atoms with E-state index in [1.807, 2.05) is 0 Å². The third-order valence-electron chi connectivity index (χ3n) is 3.13. The molecule has 19 heavy (non-hydrogen) atoms. The largest absolute Gasteiger partial charge is 0.476 e. The van der Waals surface area contributed by atoms with Crippen LogP contribution >= 0.6 is 0 Å². The number of nitrogens with zero attached hydrogens (tertiary/aromatic N) is 5. The van der Waals surface area contributed by atoms with Gasteiger partial charge in [-0.15, -0.1) is 5.10 Å². The summed E-state index contributed by atoms with van der Waals surface area (Å²) >= 11 is 0. The summed E-state index contributed by atoms with van der Waals surface area (Å²) in [5.74, 6) is -1.09. The zero-order valence-corrected chi connectivity index (χ0v) is 10.4. The molecule has 8 heteroatoms. The molecule has 0 bridgehead atoms. The van der Waals surface area contributed by atoms with Crippen molar-refractivity contribution in [3.63, 3.8) is 0 Å². The fourth-order valence-electron chi connectivity index (χ4n) is 2.22. The molecule has 0 aliphatic carbocycles. The van der Waals surface area contributed by atoms with E-state index < -0.39 is 5.97 Å². The summed E-state index contributed by atoms with van der Waals surface area (Å²) in [4.78, 5) is 11.3. The SMILES string of the molecule is Cn1cc(-c2c(C(=O)O)nnn2C2CCOC2)cn1. The highest BCUT2D eigenvalue weighted by Gasteiger charge is 2.27. The molecular weight excluding hydrogens is 250 g/mol. The normalized spacial score (nSPS) is 18.9. The summed E-state index contributed by atoms with van der Waals surface area (Å²) in [6, 6.07) is 0.0239. The van der Waals surface area contributed by atoms with Gasteiger partial charge in [-0.25, -0.2) is 9.48 Å². The average molecular weight is 263 g/mol. The Morgan fingerprint density at radius 2 is 2.42 bits per heavy atom. The van der Waals surface area contributed by atoms with E-state index in [9.17, 15) is 9.90 Å². The highest BCUT2D eigenvalue weighted by molar-refractivity contribution is 5.92. The first kappa shape index (κ1) is 11.8. The molecule has 3 heterocycles. The standard InChI is InChI=1S/C11H13N5O3/c1-15-5-7(4-12-15)10-9(11(17)18)13-14-16(10)8-2-3-19-6-8/h4-5,8H,2-3,6H2,1H3,(H,17,18). The number of aromatic nitrogens is 5. The van der Waals surface area contributed by atoms with Crippen molar-refractivity contribution in [1.29, 1.82) is 0 Å². The van der Waals surface area contributed by atoms with Crippen molar-refractivity contribution in [2.75, 3.05) is 13.2 Å². The highest BCUT2D eigenvalue weighted by Crippen LogP contribution is 2.28. The summed E-state index contributed by atoms with van der Waals surface area (Å²) in [5, 5.41) is 21.0. The van der Waals surface area contributed by atoms with Gasteiger partial charge in [0.05, 0.1) is 18.8 Å². The van der Waals surface area contributed by atoms with Gasteiger partial charge in [0, 0.05) is 25.4 Å². The van der Waals surface area contributed by atoms with Crippen molar-refractivity contribution in [2.24, 2.45) is 7.05 Å². The van der Waals surface area contributed by atoms with Gasteiger partial charge in [0.2, 0.25) is 0 Å². The lowest BCUT2D eigenvalue weighted by molar-refractivity contribution is 0.0691. The van der Waals surface area contributed by atoms with Gasteiger partial charge in [0.1, 0.15) is 5.69 Å². The van der Waals surface area contributed by atoms with Crippen LogP contribution in [0.5, 0.6) is 0 Å². The molecule has 1 unspecified atom stereocenters. The summed E-state index contributed by atoms with van der Waals surface area (Å²) < 4.78 is 8.57. The van der Waals surface area contributed by atoms with Crippen LogP contribution in [0.4, 0.5) is 0 Å². The number of rotatable bonds is 3. The Labute approximate surface area is 108 Å². The van der Waals surface area contributed by atoms with Crippen LogP contribution in [0.1, 0.15) is 23.0 Å². The molecule has 0 amide bonds. The Balaban J connectivity index is 2.12. The molecule has 1 atom stereocenters. The molecule has 2 aromatic rings. The van der Waals surface area contributed by atoms with Gasteiger partial charge in [-0.3, -0.25) is 4.68 Å². The molecule has 0 aromatic carbocycles. The van der Waals surface area contributed by atoms with Crippen molar-refractivity contribution in [2.45, 2.75) is 12.5 Å². The Bertz CT molecular complexity index is 612. The lowest BCUT2D eigenvalue weighted by atomic mass is 10.1. The van der Waals surface area contributed by atoms with E-state index >= 15 is 0 Å². The van der Waals surface area contributed by atoms with E-state index in [1.54, 1.807) is 28.8 Å². The minimum absolute atomic E-state index is 0.0239. The first-order valence-electron chi connectivity index (χ1n) is 5.92. The molecule has 1 aliphatic heterocycles. The van der Waals surface area contributed by atoms with Crippen LogP contribution in [0.15, 0.2) is 12.4 Å². The summed E-state index contributed by atoms with van der Waals surface area (Å²) in [6.07, 6.45) is 4.16. The molecular formula is C11H13N5O3. The van der Waals surface area contributed by atoms with Gasteiger partial charge in [0.15, 0.2) is 5.69 Å². The molecule has 0 spiro atoms. The number of carboxylic acids is 1. The fourth-order valence-corrected chi connectivity index (χ4v) is 2.22. The maximum absolute atomic E-state index is 11.3. The second-order valence-electron chi connectivity index (χ2n) is 4.46. The predicted molar refractivity (Wildman–Crippen MR) is 63.7 cm³/mol. The molecule has 100 valence electrons. The van der Waals surface area contributed by atoms with Crippen LogP contribution in [-0.4, -0.2) is 49.1 Å².